The van der Waals surface area contributed by atoms with E-state index in [4.69, 9.17) is 0 Å². The largest absolute Gasteiger partial charge is 0.340 e. The minimum Gasteiger partial charge on any atom is -0.340 e. The number of anilines is 5. The summed E-state index contributed by atoms with van der Waals surface area (Å²) in [4.78, 5) is 25.7. The van der Waals surface area contributed by atoms with Gasteiger partial charge in [0.15, 0.2) is 0 Å². The lowest BCUT2D eigenvalue weighted by atomic mass is 10.2. The maximum absolute atomic E-state index is 12.6. The Morgan fingerprint density at radius 2 is 1.58 bits per heavy atom. The summed E-state index contributed by atoms with van der Waals surface area (Å²) in [5.41, 5.74) is 3.12. The molecule has 8 nitrogen and oxygen atoms in total. The highest BCUT2D eigenvalue weighted by Crippen LogP contribution is 2.21. The number of amides is 1. The van der Waals surface area contributed by atoms with Gasteiger partial charge in [-0.3, -0.25) is 4.79 Å². The van der Waals surface area contributed by atoms with Gasteiger partial charge in [-0.05, 0) is 61.5 Å². The van der Waals surface area contributed by atoms with Crippen LogP contribution in [0.15, 0.2) is 91.4 Å². The standard InChI is InChI=1S/C25H21N7O/c1-17-27-23(15-24(28-17)31-22-7-2-4-12-26-22)29-19-8-10-20(11-9-19)30-25(33)18-14-21-6-3-5-13-32(21)16-18/h2-16H,1H3,(H,30,33)(H2,26,27,28,29,31). The summed E-state index contributed by atoms with van der Waals surface area (Å²) in [6.45, 7) is 1.83. The molecule has 33 heavy (non-hydrogen) atoms. The number of hydrogen-bond donors (Lipinski definition) is 3. The lowest BCUT2D eigenvalue weighted by Crippen LogP contribution is -2.10. The minimum absolute atomic E-state index is 0.156. The van der Waals surface area contributed by atoms with E-state index in [0.29, 0.717) is 34.5 Å². The Labute approximate surface area is 190 Å². The second kappa shape index (κ2) is 8.80. The Hall–Kier alpha value is -4.72. The first-order valence-corrected chi connectivity index (χ1v) is 10.4. The molecule has 1 amide bonds. The van der Waals surface area contributed by atoms with Crippen molar-refractivity contribution in [2.24, 2.45) is 0 Å². The Morgan fingerprint density at radius 1 is 0.818 bits per heavy atom. The third-order valence-electron chi connectivity index (χ3n) is 4.94. The predicted octanol–water partition coefficient (Wildman–Crippen LogP) is 5.17. The molecule has 0 radical (unpaired) electrons. The van der Waals surface area contributed by atoms with Gasteiger partial charge in [0.25, 0.3) is 5.91 Å². The highest BCUT2D eigenvalue weighted by Gasteiger charge is 2.09. The van der Waals surface area contributed by atoms with E-state index < -0.39 is 0 Å². The quantitative estimate of drug-likeness (QED) is 0.340. The van der Waals surface area contributed by atoms with Crippen LogP contribution in [0, 0.1) is 6.92 Å². The van der Waals surface area contributed by atoms with Crippen molar-refractivity contribution in [1.29, 1.82) is 0 Å². The van der Waals surface area contributed by atoms with Crippen LogP contribution in [0.4, 0.5) is 28.8 Å². The summed E-state index contributed by atoms with van der Waals surface area (Å²) in [5, 5.41) is 9.38. The number of carbonyl (C=O) groups is 1. The molecule has 0 saturated carbocycles. The van der Waals surface area contributed by atoms with Gasteiger partial charge in [-0.1, -0.05) is 12.1 Å². The molecule has 5 aromatic rings. The molecule has 0 bridgehead atoms. The molecule has 0 saturated heterocycles. The fraction of sp³-hybridized carbons (Fsp3) is 0.0400. The van der Waals surface area contributed by atoms with E-state index in [9.17, 15) is 4.79 Å². The van der Waals surface area contributed by atoms with Crippen LogP contribution < -0.4 is 16.0 Å². The lowest BCUT2D eigenvalue weighted by Gasteiger charge is -2.10. The first-order chi connectivity index (χ1) is 16.1. The monoisotopic (exact) mass is 435 g/mol. The summed E-state index contributed by atoms with van der Waals surface area (Å²) in [6, 6.07) is 22.6. The fourth-order valence-electron chi connectivity index (χ4n) is 3.43. The zero-order valence-electron chi connectivity index (χ0n) is 17.9. The van der Waals surface area contributed by atoms with Crippen molar-refractivity contribution in [3.8, 4) is 0 Å². The number of nitrogens with one attached hydrogen (secondary N) is 3. The highest BCUT2D eigenvalue weighted by molar-refractivity contribution is 6.05. The fourth-order valence-corrected chi connectivity index (χ4v) is 3.43. The van der Waals surface area contributed by atoms with Crippen molar-refractivity contribution < 1.29 is 4.79 Å². The van der Waals surface area contributed by atoms with Gasteiger partial charge in [0.2, 0.25) is 0 Å². The van der Waals surface area contributed by atoms with Crippen LogP contribution in [0.1, 0.15) is 16.2 Å². The number of carbonyl (C=O) groups excluding carboxylic acids is 1. The predicted molar refractivity (Wildman–Crippen MR) is 129 cm³/mol. The Kier molecular flexibility index (Phi) is 5.38. The number of nitrogens with zero attached hydrogens (tertiary/aromatic N) is 4. The number of fused-ring (bicyclic) bond motifs is 1. The normalized spacial score (nSPS) is 10.7. The first kappa shape index (κ1) is 20.2. The van der Waals surface area contributed by atoms with Crippen molar-refractivity contribution >= 4 is 40.3 Å². The Morgan fingerprint density at radius 3 is 2.33 bits per heavy atom. The van der Waals surface area contributed by atoms with Gasteiger partial charge in [0, 0.05) is 41.5 Å². The molecule has 162 valence electrons. The molecule has 8 heteroatoms. The molecule has 4 heterocycles. The molecule has 0 fully saturated rings. The average Bonchev–Trinajstić information content (AvgIpc) is 3.25. The SMILES string of the molecule is Cc1nc(Nc2ccc(NC(=O)c3cc4ccccn4c3)cc2)cc(Nc2ccccn2)n1. The van der Waals surface area contributed by atoms with Crippen molar-refractivity contribution in [3.63, 3.8) is 0 Å². The van der Waals surface area contributed by atoms with Gasteiger partial charge < -0.3 is 20.4 Å². The second-order valence-electron chi connectivity index (χ2n) is 7.44. The zero-order valence-corrected chi connectivity index (χ0v) is 17.9. The van der Waals surface area contributed by atoms with Crippen molar-refractivity contribution in [2.45, 2.75) is 6.92 Å². The zero-order chi connectivity index (χ0) is 22.6. The molecule has 0 spiro atoms. The van der Waals surface area contributed by atoms with E-state index in [1.54, 1.807) is 6.20 Å². The number of aryl methyl sites for hydroxylation is 1. The lowest BCUT2D eigenvalue weighted by molar-refractivity contribution is 0.102. The highest BCUT2D eigenvalue weighted by atomic mass is 16.1. The van der Waals surface area contributed by atoms with E-state index in [-0.39, 0.29) is 5.91 Å². The molecule has 4 aromatic heterocycles. The molecular formula is C25H21N7O. The number of aromatic nitrogens is 4. The molecule has 5 rings (SSSR count). The molecule has 0 aliphatic heterocycles. The molecular weight excluding hydrogens is 414 g/mol. The Balaban J connectivity index is 1.26. The molecule has 0 unspecified atom stereocenters. The Bertz CT molecular complexity index is 1380. The van der Waals surface area contributed by atoms with Crippen LogP contribution in [-0.4, -0.2) is 25.3 Å². The van der Waals surface area contributed by atoms with E-state index in [0.717, 1.165) is 11.2 Å². The van der Waals surface area contributed by atoms with Crippen LogP contribution in [-0.2, 0) is 0 Å². The first-order valence-electron chi connectivity index (χ1n) is 10.4. The van der Waals surface area contributed by atoms with E-state index >= 15 is 0 Å². The van der Waals surface area contributed by atoms with Crippen molar-refractivity contribution in [3.05, 3.63) is 103 Å². The van der Waals surface area contributed by atoms with E-state index in [2.05, 4.69) is 30.9 Å². The molecule has 0 aliphatic carbocycles. The van der Waals surface area contributed by atoms with Gasteiger partial charge >= 0.3 is 0 Å². The third kappa shape index (κ3) is 4.80. The smallest absolute Gasteiger partial charge is 0.257 e. The van der Waals surface area contributed by atoms with E-state index in [1.165, 1.54) is 0 Å². The average molecular weight is 435 g/mol. The van der Waals surface area contributed by atoms with Gasteiger partial charge in [0.05, 0.1) is 5.56 Å². The van der Waals surface area contributed by atoms with Gasteiger partial charge in [-0.2, -0.15) is 0 Å². The van der Waals surface area contributed by atoms with Crippen LogP contribution in [0.25, 0.3) is 5.52 Å². The molecule has 1 aromatic carbocycles. The summed E-state index contributed by atoms with van der Waals surface area (Å²) >= 11 is 0. The van der Waals surface area contributed by atoms with Crippen molar-refractivity contribution in [1.82, 2.24) is 19.4 Å². The summed E-state index contributed by atoms with van der Waals surface area (Å²) < 4.78 is 1.92. The number of rotatable bonds is 6. The number of pyridine rings is 2. The van der Waals surface area contributed by atoms with Gasteiger partial charge in [-0.15, -0.1) is 0 Å². The third-order valence-corrected chi connectivity index (χ3v) is 4.94. The molecule has 0 aliphatic rings. The van der Waals surface area contributed by atoms with Crippen LogP contribution in [0.3, 0.4) is 0 Å². The molecule has 3 N–H and O–H groups in total. The summed E-state index contributed by atoms with van der Waals surface area (Å²) in [6.07, 6.45) is 5.45. The number of hydrogen-bond acceptors (Lipinski definition) is 6. The van der Waals surface area contributed by atoms with Crippen LogP contribution in [0.5, 0.6) is 0 Å². The van der Waals surface area contributed by atoms with Gasteiger partial charge in [-0.25, -0.2) is 15.0 Å². The minimum atomic E-state index is -0.156. The summed E-state index contributed by atoms with van der Waals surface area (Å²) in [7, 11) is 0. The maximum atomic E-state index is 12.6. The molecule has 0 atom stereocenters. The maximum Gasteiger partial charge on any atom is 0.257 e. The van der Waals surface area contributed by atoms with Crippen molar-refractivity contribution in [2.75, 3.05) is 16.0 Å². The summed E-state index contributed by atoms with van der Waals surface area (Å²) in [5.74, 6) is 2.47. The van der Waals surface area contributed by atoms with Crippen LogP contribution in [0.2, 0.25) is 0 Å². The topological polar surface area (TPSA) is 96.2 Å². The number of benzene rings is 1. The van der Waals surface area contributed by atoms with Crippen LogP contribution >= 0.6 is 0 Å². The van der Waals surface area contributed by atoms with E-state index in [1.807, 2.05) is 96.5 Å². The van der Waals surface area contributed by atoms with Gasteiger partial charge in [0.1, 0.15) is 23.3 Å². The second-order valence-corrected chi connectivity index (χ2v) is 7.44.